The van der Waals surface area contributed by atoms with Crippen LogP contribution in [0.5, 0.6) is 5.75 Å². The molecule has 0 saturated carbocycles. The molecule has 1 fully saturated rings. The number of ether oxygens (including phenoxy) is 1. The first-order valence-corrected chi connectivity index (χ1v) is 8.78. The van der Waals surface area contributed by atoms with Crippen LogP contribution in [-0.4, -0.2) is 32.8 Å². The first-order valence-electron chi connectivity index (χ1n) is 8.78. The smallest absolute Gasteiger partial charge is 0.119 e. The maximum absolute atomic E-state index is 5.97. The zero-order chi connectivity index (χ0) is 15.2. The number of nitrogens with two attached hydrogens (primary N) is 1. The van der Waals surface area contributed by atoms with Crippen LogP contribution in [0.1, 0.15) is 43.6 Å². The average Bonchev–Trinajstić information content (AvgIpc) is 2.96. The Morgan fingerprint density at radius 1 is 1.23 bits per heavy atom. The Kier molecular flexibility index (Phi) is 5.57. The molecule has 1 aromatic rings. The summed E-state index contributed by atoms with van der Waals surface area (Å²) in [6.45, 7) is 4.95. The van der Waals surface area contributed by atoms with Crippen molar-refractivity contribution in [2.24, 2.45) is 11.7 Å². The molecule has 1 saturated heterocycles. The van der Waals surface area contributed by atoms with Gasteiger partial charge in [-0.15, -0.1) is 0 Å². The second-order valence-corrected chi connectivity index (χ2v) is 6.61. The number of benzene rings is 1. The molecule has 0 bridgehead atoms. The lowest BCUT2D eigenvalue weighted by molar-refractivity contribution is 0.275. The zero-order valence-electron chi connectivity index (χ0n) is 13.4. The molecule has 0 aliphatic carbocycles. The Labute approximate surface area is 133 Å². The molecule has 3 rings (SSSR count). The third-order valence-electron chi connectivity index (χ3n) is 4.94. The molecule has 1 aromatic carbocycles. The highest BCUT2D eigenvalue weighted by molar-refractivity contribution is 5.60. The van der Waals surface area contributed by atoms with Gasteiger partial charge in [0.2, 0.25) is 0 Å². The van der Waals surface area contributed by atoms with E-state index in [0.717, 1.165) is 44.2 Å². The molecule has 0 aromatic heterocycles. The second kappa shape index (κ2) is 7.84. The van der Waals surface area contributed by atoms with Crippen LogP contribution in [0.15, 0.2) is 18.2 Å². The number of rotatable bonds is 7. The minimum Gasteiger partial charge on any atom is -0.494 e. The summed E-state index contributed by atoms with van der Waals surface area (Å²) in [7, 11) is 0. The number of hydrogen-bond donors (Lipinski definition) is 3. The van der Waals surface area contributed by atoms with Gasteiger partial charge in [-0.1, -0.05) is 0 Å². The molecule has 2 aliphatic heterocycles. The summed E-state index contributed by atoms with van der Waals surface area (Å²) in [4.78, 5) is 0. The fourth-order valence-corrected chi connectivity index (χ4v) is 3.66. The van der Waals surface area contributed by atoms with Gasteiger partial charge in [0.05, 0.1) is 6.61 Å². The van der Waals surface area contributed by atoms with Crippen LogP contribution in [0.4, 0.5) is 5.69 Å². The SMILES string of the molecule is NCCC1CNc2ccc(OCCCC3CCCNC3)cc21. The number of nitrogens with one attached hydrogen (secondary N) is 2. The van der Waals surface area contributed by atoms with Crippen molar-refractivity contribution in [1.29, 1.82) is 0 Å². The molecule has 2 aliphatic rings. The summed E-state index contributed by atoms with van der Waals surface area (Å²) < 4.78 is 5.97. The van der Waals surface area contributed by atoms with Crippen molar-refractivity contribution < 1.29 is 4.74 Å². The molecule has 0 amide bonds. The van der Waals surface area contributed by atoms with E-state index in [1.165, 1.54) is 43.6 Å². The van der Waals surface area contributed by atoms with Crippen molar-refractivity contribution in [2.75, 3.05) is 38.1 Å². The van der Waals surface area contributed by atoms with Gasteiger partial charge in [-0.2, -0.15) is 0 Å². The number of anilines is 1. The van der Waals surface area contributed by atoms with Crippen molar-refractivity contribution in [3.8, 4) is 5.75 Å². The minimum absolute atomic E-state index is 0.539. The van der Waals surface area contributed by atoms with E-state index >= 15 is 0 Å². The van der Waals surface area contributed by atoms with Gasteiger partial charge in [-0.05, 0) is 81.4 Å². The maximum Gasteiger partial charge on any atom is 0.119 e. The van der Waals surface area contributed by atoms with Gasteiger partial charge in [-0.25, -0.2) is 0 Å². The van der Waals surface area contributed by atoms with Gasteiger partial charge in [0.1, 0.15) is 5.75 Å². The highest BCUT2D eigenvalue weighted by Crippen LogP contribution is 2.35. The van der Waals surface area contributed by atoms with Gasteiger partial charge in [-0.3, -0.25) is 0 Å². The highest BCUT2D eigenvalue weighted by Gasteiger charge is 2.21. The molecular weight excluding hydrogens is 274 g/mol. The van der Waals surface area contributed by atoms with Crippen molar-refractivity contribution in [2.45, 2.75) is 38.0 Å². The van der Waals surface area contributed by atoms with E-state index in [1.807, 2.05) is 0 Å². The predicted octanol–water partition coefficient (Wildman–Crippen LogP) is 2.70. The van der Waals surface area contributed by atoms with E-state index in [1.54, 1.807) is 0 Å². The first kappa shape index (κ1) is 15.6. The van der Waals surface area contributed by atoms with Crippen molar-refractivity contribution in [1.82, 2.24) is 5.32 Å². The molecular formula is C18H29N3O. The van der Waals surface area contributed by atoms with E-state index in [2.05, 4.69) is 28.8 Å². The standard InChI is InChI=1S/C18H29N3O/c19-8-7-15-13-21-18-6-5-16(11-17(15)18)22-10-2-4-14-3-1-9-20-12-14/h5-6,11,14-15,20-21H,1-4,7-10,12-13,19H2. The van der Waals surface area contributed by atoms with Gasteiger partial charge >= 0.3 is 0 Å². The van der Waals surface area contributed by atoms with Crippen molar-refractivity contribution in [3.05, 3.63) is 23.8 Å². The van der Waals surface area contributed by atoms with Gasteiger partial charge in [0.15, 0.2) is 0 Å². The molecule has 0 radical (unpaired) electrons. The Morgan fingerprint density at radius 2 is 2.18 bits per heavy atom. The third kappa shape index (κ3) is 3.93. The van der Waals surface area contributed by atoms with Crippen LogP contribution in [0.2, 0.25) is 0 Å². The van der Waals surface area contributed by atoms with Gasteiger partial charge in [0, 0.05) is 18.2 Å². The zero-order valence-corrected chi connectivity index (χ0v) is 13.4. The third-order valence-corrected chi connectivity index (χ3v) is 4.94. The number of fused-ring (bicyclic) bond motifs is 1. The van der Waals surface area contributed by atoms with E-state index in [4.69, 9.17) is 10.5 Å². The lowest BCUT2D eigenvalue weighted by Gasteiger charge is -2.22. The monoisotopic (exact) mass is 303 g/mol. The molecule has 2 unspecified atom stereocenters. The fourth-order valence-electron chi connectivity index (χ4n) is 3.66. The predicted molar refractivity (Wildman–Crippen MR) is 91.7 cm³/mol. The van der Waals surface area contributed by atoms with E-state index in [-0.39, 0.29) is 0 Å². The normalized spacial score (nSPS) is 23.9. The van der Waals surface area contributed by atoms with Crippen LogP contribution in [0.25, 0.3) is 0 Å². The number of piperidine rings is 1. The Bertz CT molecular complexity index is 469. The topological polar surface area (TPSA) is 59.3 Å². The van der Waals surface area contributed by atoms with E-state index in [9.17, 15) is 0 Å². The molecule has 4 N–H and O–H groups in total. The number of hydrogen-bond acceptors (Lipinski definition) is 4. The Morgan fingerprint density at radius 3 is 3.00 bits per heavy atom. The molecule has 122 valence electrons. The van der Waals surface area contributed by atoms with Crippen LogP contribution >= 0.6 is 0 Å². The quantitative estimate of drug-likeness (QED) is 0.678. The fraction of sp³-hybridized carbons (Fsp3) is 0.667. The Hall–Kier alpha value is -1.26. The molecule has 4 heteroatoms. The van der Waals surface area contributed by atoms with Crippen LogP contribution < -0.4 is 21.1 Å². The highest BCUT2D eigenvalue weighted by atomic mass is 16.5. The van der Waals surface area contributed by atoms with Crippen LogP contribution in [0, 0.1) is 5.92 Å². The summed E-state index contributed by atoms with van der Waals surface area (Å²) >= 11 is 0. The molecule has 22 heavy (non-hydrogen) atoms. The van der Waals surface area contributed by atoms with Gasteiger partial charge < -0.3 is 21.1 Å². The molecule has 4 nitrogen and oxygen atoms in total. The van der Waals surface area contributed by atoms with Gasteiger partial charge in [0.25, 0.3) is 0 Å². The minimum atomic E-state index is 0.539. The first-order chi connectivity index (χ1) is 10.9. The van der Waals surface area contributed by atoms with E-state index < -0.39 is 0 Å². The largest absolute Gasteiger partial charge is 0.494 e. The second-order valence-electron chi connectivity index (χ2n) is 6.61. The lowest BCUT2D eigenvalue weighted by Crippen LogP contribution is -2.29. The van der Waals surface area contributed by atoms with Crippen LogP contribution in [-0.2, 0) is 0 Å². The van der Waals surface area contributed by atoms with E-state index in [0.29, 0.717) is 5.92 Å². The lowest BCUT2D eigenvalue weighted by atomic mass is 9.95. The summed E-state index contributed by atoms with van der Waals surface area (Å²) in [5.41, 5.74) is 8.33. The summed E-state index contributed by atoms with van der Waals surface area (Å²) in [6, 6.07) is 6.43. The molecule has 2 heterocycles. The molecule has 2 atom stereocenters. The van der Waals surface area contributed by atoms with Crippen molar-refractivity contribution in [3.63, 3.8) is 0 Å². The summed E-state index contributed by atoms with van der Waals surface area (Å²) in [6.07, 6.45) is 6.16. The summed E-state index contributed by atoms with van der Waals surface area (Å²) in [5, 5.41) is 6.93. The maximum atomic E-state index is 5.97. The van der Waals surface area contributed by atoms with Crippen LogP contribution in [0.3, 0.4) is 0 Å². The Balaban J connectivity index is 1.45. The van der Waals surface area contributed by atoms with Crippen molar-refractivity contribution >= 4 is 5.69 Å². The summed E-state index contributed by atoms with van der Waals surface area (Å²) in [5.74, 6) is 2.39. The average molecular weight is 303 g/mol. The molecule has 0 spiro atoms.